The first-order valence-corrected chi connectivity index (χ1v) is 12.1. The van der Waals surface area contributed by atoms with Crippen LogP contribution in [0.4, 0.5) is 4.39 Å². The summed E-state index contributed by atoms with van der Waals surface area (Å²) in [6, 6.07) is 12.2. The molecule has 1 atom stereocenters. The highest BCUT2D eigenvalue weighted by atomic mass is 35.5. The van der Waals surface area contributed by atoms with Gasteiger partial charge in [-0.05, 0) is 59.8 Å². The normalized spacial score (nSPS) is 15.2. The van der Waals surface area contributed by atoms with Crippen LogP contribution in [0.5, 0.6) is 0 Å². The summed E-state index contributed by atoms with van der Waals surface area (Å²) < 4.78 is 16.8. The second-order valence-corrected chi connectivity index (χ2v) is 10.1. The monoisotopic (exact) mass is 485 g/mol. The molecule has 3 heterocycles. The lowest BCUT2D eigenvalue weighted by molar-refractivity contribution is -0.137. The van der Waals surface area contributed by atoms with Gasteiger partial charge in [0.15, 0.2) is 6.29 Å². The molecule has 4 nitrogen and oxygen atoms in total. The van der Waals surface area contributed by atoms with Crippen LogP contribution in [-0.4, -0.2) is 21.9 Å². The summed E-state index contributed by atoms with van der Waals surface area (Å²) in [5, 5.41) is 12.8. The molecule has 4 aromatic rings. The Bertz CT molecular complexity index is 1360. The second kappa shape index (κ2) is 8.39. The van der Waals surface area contributed by atoms with Crippen LogP contribution in [0.2, 0.25) is 5.02 Å². The maximum absolute atomic E-state index is 14.8. The molecule has 1 aliphatic rings. The van der Waals surface area contributed by atoms with Crippen molar-refractivity contribution in [3.05, 3.63) is 69.3 Å². The molecule has 2 aromatic heterocycles. The third-order valence-electron chi connectivity index (χ3n) is 5.76. The number of thiophene rings is 1. The lowest BCUT2D eigenvalue weighted by atomic mass is 9.97. The Kier molecular flexibility index (Phi) is 5.57. The summed E-state index contributed by atoms with van der Waals surface area (Å²) in [5.41, 5.74) is 2.97. The number of carbonyl (C=O) groups excluding carboxylic acids is 1. The molecule has 0 radical (unpaired) electrons. The maximum Gasteiger partial charge on any atom is 0.304 e. The minimum atomic E-state index is -0.858. The van der Waals surface area contributed by atoms with E-state index in [-0.39, 0.29) is 18.2 Å². The van der Waals surface area contributed by atoms with Gasteiger partial charge >= 0.3 is 5.97 Å². The van der Waals surface area contributed by atoms with Gasteiger partial charge in [0.25, 0.3) is 0 Å². The molecule has 5 rings (SSSR count). The highest BCUT2D eigenvalue weighted by Gasteiger charge is 2.33. The summed E-state index contributed by atoms with van der Waals surface area (Å²) in [6.07, 6.45) is 1.50. The molecule has 0 saturated carbocycles. The fraction of sp³-hybridized carbons (Fsp3) is 0.167. The van der Waals surface area contributed by atoms with Gasteiger partial charge in [0, 0.05) is 43.9 Å². The van der Waals surface area contributed by atoms with Crippen molar-refractivity contribution in [2.45, 2.75) is 35.1 Å². The van der Waals surface area contributed by atoms with Crippen molar-refractivity contribution in [1.29, 1.82) is 0 Å². The average Bonchev–Trinajstić information content (AvgIpc) is 3.46. The zero-order valence-corrected chi connectivity index (χ0v) is 19.1. The molecule has 2 aromatic carbocycles. The first kappa shape index (κ1) is 21.2. The van der Waals surface area contributed by atoms with Gasteiger partial charge in [-0.15, -0.1) is 11.3 Å². The van der Waals surface area contributed by atoms with E-state index in [1.807, 2.05) is 28.1 Å². The molecule has 0 bridgehead atoms. The number of benzene rings is 2. The Labute approximate surface area is 196 Å². The minimum absolute atomic E-state index is 0.0142. The molecule has 0 spiro atoms. The lowest BCUT2D eigenvalue weighted by Gasteiger charge is -2.12. The quantitative estimate of drug-likeness (QED) is 0.296. The molecule has 8 heteroatoms. The average molecular weight is 486 g/mol. The minimum Gasteiger partial charge on any atom is -0.481 e. The Hall–Kier alpha value is -2.61. The highest BCUT2D eigenvalue weighted by Crippen LogP contribution is 2.50. The smallest absolute Gasteiger partial charge is 0.304 e. The van der Waals surface area contributed by atoms with Gasteiger partial charge in [0.05, 0.1) is 16.8 Å². The van der Waals surface area contributed by atoms with Crippen LogP contribution >= 0.6 is 34.7 Å². The van der Waals surface area contributed by atoms with Crippen molar-refractivity contribution in [3.8, 4) is 11.1 Å². The molecule has 0 amide bonds. The van der Waals surface area contributed by atoms with Crippen LogP contribution in [0.15, 0.2) is 57.6 Å². The van der Waals surface area contributed by atoms with Crippen molar-refractivity contribution in [2.24, 2.45) is 0 Å². The Morgan fingerprint density at radius 3 is 2.75 bits per heavy atom. The van der Waals surface area contributed by atoms with Gasteiger partial charge < -0.3 is 9.67 Å². The van der Waals surface area contributed by atoms with Gasteiger partial charge in [-0.1, -0.05) is 23.4 Å². The number of nitrogens with zero attached hydrogens (tertiary/aromatic N) is 1. The standard InChI is InChI=1S/C24H17ClFNO3S2/c25-14-1-3-16(4-2-14)32-24-22-18(17-6-8-31-20(17)12-28)10-15(26)11-19(22)27-7-5-13(23(24)27)9-21(29)30/h1-4,6,8,10-13H,5,7,9H2,(H,29,30). The molecule has 0 aliphatic carbocycles. The van der Waals surface area contributed by atoms with E-state index in [1.54, 1.807) is 12.1 Å². The SMILES string of the molecule is O=Cc1sccc1-c1cc(F)cc2c1c(Sc1ccc(Cl)cc1)c1n2CCC1CC(=O)O. The molecule has 0 saturated heterocycles. The number of carbonyl (C=O) groups is 2. The lowest BCUT2D eigenvalue weighted by Crippen LogP contribution is -2.04. The van der Waals surface area contributed by atoms with Gasteiger partial charge in [-0.3, -0.25) is 9.59 Å². The maximum atomic E-state index is 14.8. The van der Waals surface area contributed by atoms with Gasteiger partial charge in [0.2, 0.25) is 0 Å². The Morgan fingerprint density at radius 2 is 2.03 bits per heavy atom. The number of fused-ring (bicyclic) bond motifs is 3. The van der Waals surface area contributed by atoms with Crippen LogP contribution in [-0.2, 0) is 11.3 Å². The molecule has 1 unspecified atom stereocenters. The van der Waals surface area contributed by atoms with Crippen LogP contribution in [0, 0.1) is 5.82 Å². The fourth-order valence-corrected chi connectivity index (χ4v) is 6.52. The number of aldehydes is 1. The van der Waals surface area contributed by atoms with Crippen molar-refractivity contribution >= 4 is 57.9 Å². The van der Waals surface area contributed by atoms with E-state index < -0.39 is 5.97 Å². The summed E-state index contributed by atoms with van der Waals surface area (Å²) in [6.45, 7) is 0.623. The molecular weight excluding hydrogens is 469 g/mol. The largest absolute Gasteiger partial charge is 0.481 e. The van der Waals surface area contributed by atoms with Crippen LogP contribution in [0.1, 0.15) is 34.1 Å². The molecular formula is C24H17ClFNO3S2. The van der Waals surface area contributed by atoms with Gasteiger partial charge in [-0.2, -0.15) is 0 Å². The summed E-state index contributed by atoms with van der Waals surface area (Å²) >= 11 is 8.89. The number of carboxylic acids is 1. The van der Waals surface area contributed by atoms with Crippen LogP contribution in [0.3, 0.4) is 0 Å². The second-order valence-electron chi connectivity index (χ2n) is 7.67. The first-order valence-electron chi connectivity index (χ1n) is 10.00. The number of aromatic nitrogens is 1. The Balaban J connectivity index is 1.80. The van der Waals surface area contributed by atoms with E-state index in [2.05, 4.69) is 0 Å². The van der Waals surface area contributed by atoms with Crippen molar-refractivity contribution in [2.75, 3.05) is 0 Å². The summed E-state index contributed by atoms with van der Waals surface area (Å²) in [5.74, 6) is -1.41. The predicted molar refractivity (Wildman–Crippen MR) is 126 cm³/mol. The number of aryl methyl sites for hydroxylation is 1. The Morgan fingerprint density at radius 1 is 1.25 bits per heavy atom. The van der Waals surface area contributed by atoms with E-state index in [0.29, 0.717) is 34.0 Å². The number of carboxylic acid groups (broad SMARTS) is 1. The third kappa shape index (κ3) is 3.64. The molecule has 32 heavy (non-hydrogen) atoms. The van der Waals surface area contributed by atoms with Crippen LogP contribution in [0.25, 0.3) is 22.0 Å². The van der Waals surface area contributed by atoms with Crippen LogP contribution < -0.4 is 0 Å². The summed E-state index contributed by atoms with van der Waals surface area (Å²) in [7, 11) is 0. The van der Waals surface area contributed by atoms with E-state index in [1.165, 1.54) is 35.2 Å². The number of hydrogen-bond donors (Lipinski definition) is 1. The summed E-state index contributed by atoms with van der Waals surface area (Å²) in [4.78, 5) is 25.6. The van der Waals surface area contributed by atoms with Crippen molar-refractivity contribution in [1.82, 2.24) is 4.57 Å². The van der Waals surface area contributed by atoms with Gasteiger partial charge in [0.1, 0.15) is 5.82 Å². The highest BCUT2D eigenvalue weighted by molar-refractivity contribution is 7.99. The number of aliphatic carboxylic acids is 1. The molecule has 1 N–H and O–H groups in total. The molecule has 1 aliphatic heterocycles. The first-order chi connectivity index (χ1) is 15.5. The molecule has 0 fully saturated rings. The van der Waals surface area contributed by atoms with E-state index in [4.69, 9.17) is 11.6 Å². The van der Waals surface area contributed by atoms with Crippen molar-refractivity contribution in [3.63, 3.8) is 0 Å². The molecule has 162 valence electrons. The van der Waals surface area contributed by atoms with E-state index >= 15 is 0 Å². The topological polar surface area (TPSA) is 59.3 Å². The van der Waals surface area contributed by atoms with E-state index in [9.17, 15) is 19.1 Å². The predicted octanol–water partition coefficient (Wildman–Crippen LogP) is 7.09. The van der Waals surface area contributed by atoms with Gasteiger partial charge in [-0.25, -0.2) is 4.39 Å². The fourth-order valence-electron chi connectivity index (χ4n) is 4.47. The zero-order valence-electron chi connectivity index (χ0n) is 16.7. The number of hydrogen-bond acceptors (Lipinski definition) is 4. The zero-order chi connectivity index (χ0) is 22.4. The third-order valence-corrected chi connectivity index (χ3v) is 7.98. The number of halogens is 2. The van der Waals surface area contributed by atoms with Crippen molar-refractivity contribution < 1.29 is 19.1 Å². The number of rotatable bonds is 6. The van der Waals surface area contributed by atoms with E-state index in [0.717, 1.165) is 32.7 Å².